The Hall–Kier alpha value is -2.39. The van der Waals surface area contributed by atoms with E-state index in [1.54, 1.807) is 18.3 Å². The molecule has 0 aliphatic rings. The Bertz CT molecular complexity index is 960. The number of thiophene rings is 1. The van der Waals surface area contributed by atoms with Gasteiger partial charge < -0.3 is 14.1 Å². The number of ether oxygens (including phenoxy) is 1. The summed E-state index contributed by atoms with van der Waals surface area (Å²) in [6.45, 7) is 3.47. The Balaban J connectivity index is 1.87. The van der Waals surface area contributed by atoms with Crippen LogP contribution >= 0.6 is 23.1 Å². The van der Waals surface area contributed by atoms with Gasteiger partial charge in [-0.3, -0.25) is 0 Å². The molecule has 3 aromatic rings. The molecule has 0 bridgehead atoms. The molecule has 0 amide bonds. The molecule has 0 aliphatic heterocycles. The summed E-state index contributed by atoms with van der Waals surface area (Å²) in [4.78, 5) is 35.5. The van der Waals surface area contributed by atoms with Crippen molar-refractivity contribution in [2.45, 2.75) is 24.6 Å². The van der Waals surface area contributed by atoms with Crippen molar-refractivity contribution in [2.75, 3.05) is 7.11 Å². The van der Waals surface area contributed by atoms with Crippen molar-refractivity contribution in [3.8, 4) is 10.8 Å². The number of aromatic amines is 1. The Morgan fingerprint density at radius 1 is 1.40 bits per heavy atom. The molecule has 0 aromatic carbocycles. The van der Waals surface area contributed by atoms with Gasteiger partial charge in [-0.15, -0.1) is 11.3 Å². The molecule has 25 heavy (non-hydrogen) atoms. The highest BCUT2D eigenvalue weighted by atomic mass is 32.2. The maximum Gasteiger partial charge on any atom is 0.346 e. The average molecular weight is 377 g/mol. The molecule has 3 aromatic heterocycles. The van der Waals surface area contributed by atoms with Crippen molar-refractivity contribution in [3.05, 3.63) is 50.7 Å². The van der Waals surface area contributed by atoms with Gasteiger partial charge in [-0.1, -0.05) is 17.8 Å². The van der Waals surface area contributed by atoms with Crippen molar-refractivity contribution in [1.29, 1.82) is 0 Å². The van der Waals surface area contributed by atoms with Crippen LogP contribution in [0.2, 0.25) is 0 Å². The smallest absolute Gasteiger partial charge is 0.346 e. The molecule has 9 heteroatoms. The second-order valence-electron chi connectivity index (χ2n) is 5.13. The van der Waals surface area contributed by atoms with Gasteiger partial charge in [0.2, 0.25) is 5.89 Å². The fourth-order valence-corrected chi connectivity index (χ4v) is 3.93. The SMILES string of the molecule is COC(=O)c1c(SCc2nc(-c3cccs3)oc2C)nc(=O)[nH]c1C. The second-order valence-corrected chi connectivity index (χ2v) is 7.04. The summed E-state index contributed by atoms with van der Waals surface area (Å²) in [5.74, 6) is 1.13. The number of oxazole rings is 1. The zero-order chi connectivity index (χ0) is 18.0. The molecule has 0 fully saturated rings. The first-order valence-corrected chi connectivity index (χ1v) is 9.18. The summed E-state index contributed by atoms with van der Waals surface area (Å²) in [6, 6.07) is 3.86. The van der Waals surface area contributed by atoms with Crippen LogP contribution in [-0.4, -0.2) is 28.0 Å². The maximum atomic E-state index is 12.0. The molecule has 0 radical (unpaired) electrons. The third kappa shape index (κ3) is 3.67. The number of rotatable bonds is 5. The molecular formula is C16H15N3O4S2. The molecular weight excluding hydrogens is 362 g/mol. The minimum atomic E-state index is -0.542. The van der Waals surface area contributed by atoms with E-state index < -0.39 is 11.7 Å². The van der Waals surface area contributed by atoms with E-state index in [1.165, 1.54) is 18.9 Å². The van der Waals surface area contributed by atoms with Gasteiger partial charge in [0.15, 0.2) is 0 Å². The first-order chi connectivity index (χ1) is 12.0. The lowest BCUT2D eigenvalue weighted by atomic mass is 10.2. The van der Waals surface area contributed by atoms with Gasteiger partial charge in [0.25, 0.3) is 0 Å². The molecule has 3 heterocycles. The first kappa shape index (κ1) is 17.4. The van der Waals surface area contributed by atoms with E-state index in [4.69, 9.17) is 9.15 Å². The van der Waals surface area contributed by atoms with Crippen LogP contribution in [0, 0.1) is 13.8 Å². The largest absolute Gasteiger partial charge is 0.465 e. The normalized spacial score (nSPS) is 10.8. The van der Waals surface area contributed by atoms with Gasteiger partial charge in [-0.2, -0.15) is 4.98 Å². The predicted octanol–water partition coefficient (Wildman–Crippen LogP) is 3.18. The highest BCUT2D eigenvalue weighted by Gasteiger charge is 2.20. The lowest BCUT2D eigenvalue weighted by Gasteiger charge is -2.08. The standard InChI is InChI=1S/C16H15N3O4S2/c1-8-12(15(20)22-3)14(19-16(21)17-8)25-7-10-9(2)23-13(18-10)11-5-4-6-24-11/h4-6H,7H2,1-3H3,(H,17,19,21). The summed E-state index contributed by atoms with van der Waals surface area (Å²) < 4.78 is 10.5. The number of carbonyl (C=O) groups excluding carboxylic acids is 1. The van der Waals surface area contributed by atoms with Gasteiger partial charge in [0, 0.05) is 11.4 Å². The lowest BCUT2D eigenvalue weighted by Crippen LogP contribution is -2.19. The quantitative estimate of drug-likeness (QED) is 0.414. The summed E-state index contributed by atoms with van der Waals surface area (Å²) >= 11 is 2.79. The van der Waals surface area contributed by atoms with E-state index in [2.05, 4.69) is 15.0 Å². The number of aromatic nitrogens is 3. The van der Waals surface area contributed by atoms with E-state index in [9.17, 15) is 9.59 Å². The van der Waals surface area contributed by atoms with Crippen molar-refractivity contribution >= 4 is 29.1 Å². The van der Waals surface area contributed by atoms with Gasteiger partial charge >= 0.3 is 11.7 Å². The Morgan fingerprint density at radius 3 is 2.88 bits per heavy atom. The van der Waals surface area contributed by atoms with Crippen molar-refractivity contribution < 1.29 is 13.9 Å². The Morgan fingerprint density at radius 2 is 2.20 bits per heavy atom. The van der Waals surface area contributed by atoms with Gasteiger partial charge in [-0.05, 0) is 25.3 Å². The number of carbonyl (C=O) groups is 1. The number of esters is 1. The fraction of sp³-hybridized carbons (Fsp3) is 0.250. The average Bonchev–Trinajstić information content (AvgIpc) is 3.21. The molecule has 0 saturated carbocycles. The Labute approximate surface area is 151 Å². The minimum absolute atomic E-state index is 0.256. The number of hydrogen-bond donors (Lipinski definition) is 1. The first-order valence-electron chi connectivity index (χ1n) is 7.31. The van der Waals surface area contributed by atoms with Crippen molar-refractivity contribution in [1.82, 2.24) is 15.0 Å². The predicted molar refractivity (Wildman–Crippen MR) is 95.0 cm³/mol. The number of hydrogen-bond acceptors (Lipinski definition) is 8. The summed E-state index contributed by atoms with van der Waals surface area (Å²) in [5.41, 5.74) is 0.907. The fourth-order valence-electron chi connectivity index (χ4n) is 2.21. The molecule has 1 N–H and O–H groups in total. The second kappa shape index (κ2) is 7.24. The van der Waals surface area contributed by atoms with Gasteiger partial charge in [0.1, 0.15) is 16.3 Å². The van der Waals surface area contributed by atoms with Crippen molar-refractivity contribution in [3.63, 3.8) is 0 Å². The van der Waals surface area contributed by atoms with Crippen LogP contribution in [0.5, 0.6) is 0 Å². The number of H-pyrrole nitrogens is 1. The third-order valence-electron chi connectivity index (χ3n) is 3.45. The molecule has 3 rings (SSSR count). The van der Waals surface area contributed by atoms with Crippen molar-refractivity contribution in [2.24, 2.45) is 0 Å². The number of thioether (sulfide) groups is 1. The van der Waals surface area contributed by atoms with Gasteiger partial charge in [0.05, 0.1) is 17.7 Å². The minimum Gasteiger partial charge on any atom is -0.465 e. The van der Waals surface area contributed by atoms with Crippen LogP contribution in [-0.2, 0) is 10.5 Å². The maximum absolute atomic E-state index is 12.0. The van der Waals surface area contributed by atoms with Crippen LogP contribution in [0.4, 0.5) is 0 Å². The monoisotopic (exact) mass is 377 g/mol. The number of nitrogens with zero attached hydrogens (tertiary/aromatic N) is 2. The van der Waals surface area contributed by atoms with E-state index >= 15 is 0 Å². The summed E-state index contributed by atoms with van der Waals surface area (Å²) in [6.07, 6.45) is 0. The Kier molecular flexibility index (Phi) is 5.05. The lowest BCUT2D eigenvalue weighted by molar-refractivity contribution is 0.0594. The topological polar surface area (TPSA) is 98.1 Å². The van der Waals surface area contributed by atoms with Crippen LogP contribution in [0.25, 0.3) is 10.8 Å². The molecule has 0 saturated heterocycles. The van der Waals surface area contributed by atoms with Crippen LogP contribution in [0.15, 0.2) is 31.8 Å². The molecule has 0 aliphatic carbocycles. The van der Waals surface area contributed by atoms with E-state index in [0.29, 0.717) is 28.1 Å². The van der Waals surface area contributed by atoms with Gasteiger partial charge in [-0.25, -0.2) is 14.6 Å². The summed E-state index contributed by atoms with van der Waals surface area (Å²) in [7, 11) is 1.29. The summed E-state index contributed by atoms with van der Waals surface area (Å²) in [5, 5.41) is 2.27. The molecule has 0 spiro atoms. The van der Waals surface area contributed by atoms with Crippen LogP contribution in [0.3, 0.4) is 0 Å². The van der Waals surface area contributed by atoms with E-state index in [1.807, 2.05) is 24.4 Å². The zero-order valence-corrected chi connectivity index (χ0v) is 15.4. The number of aryl methyl sites for hydroxylation is 2. The molecule has 0 atom stereocenters. The number of methoxy groups -OCH3 is 1. The highest BCUT2D eigenvalue weighted by Crippen LogP contribution is 2.30. The molecule has 130 valence electrons. The van der Waals surface area contributed by atoms with E-state index in [0.717, 1.165) is 10.6 Å². The zero-order valence-electron chi connectivity index (χ0n) is 13.8. The number of nitrogens with one attached hydrogen (secondary N) is 1. The van der Waals surface area contributed by atoms with Crippen LogP contribution in [0.1, 0.15) is 27.5 Å². The van der Waals surface area contributed by atoms with E-state index in [-0.39, 0.29) is 5.56 Å². The molecule has 7 nitrogen and oxygen atoms in total. The third-order valence-corrected chi connectivity index (χ3v) is 5.29. The molecule has 0 unspecified atom stereocenters. The van der Waals surface area contributed by atoms with Crippen LogP contribution < -0.4 is 5.69 Å². The highest BCUT2D eigenvalue weighted by molar-refractivity contribution is 7.98.